The minimum absolute atomic E-state index is 0. The molecule has 8 nitrogen and oxygen atoms in total. The third-order valence-electron chi connectivity index (χ3n) is 4.06. The van der Waals surface area contributed by atoms with Gasteiger partial charge in [0.25, 0.3) is 0 Å². The van der Waals surface area contributed by atoms with Gasteiger partial charge in [-0.15, -0.1) is 12.4 Å². The molecule has 2 atom stereocenters. The number of likely N-dealkylation sites (tertiary alicyclic amines) is 1. The number of rotatable bonds is 5. The molecule has 0 spiro atoms. The number of carbonyl (C=O) groups is 1. The Bertz CT molecular complexity index is 633. The predicted molar refractivity (Wildman–Crippen MR) is 88.4 cm³/mol. The molecule has 23 heavy (non-hydrogen) atoms. The van der Waals surface area contributed by atoms with Gasteiger partial charge in [0.2, 0.25) is 15.9 Å². The van der Waals surface area contributed by atoms with Crippen LogP contribution >= 0.6 is 12.4 Å². The van der Waals surface area contributed by atoms with Crippen molar-refractivity contribution in [3.8, 4) is 0 Å². The largest absolute Gasteiger partial charge is 0.338 e. The third-order valence-corrected chi connectivity index (χ3v) is 4.93. The Morgan fingerprint density at radius 2 is 2.17 bits per heavy atom. The molecule has 0 saturated carbocycles. The molecule has 2 unspecified atom stereocenters. The normalized spacial score (nSPS) is 21.8. The fraction of sp³-hybridized carbons (Fsp3) is 0.692. The quantitative estimate of drug-likeness (QED) is 0.755. The molecule has 10 heteroatoms. The van der Waals surface area contributed by atoms with Gasteiger partial charge in [-0.2, -0.15) is 5.10 Å². The second-order valence-electron chi connectivity index (χ2n) is 5.84. The topological polar surface area (TPSA) is 124 Å². The van der Waals surface area contributed by atoms with Crippen molar-refractivity contribution in [2.24, 2.45) is 16.8 Å². The number of aryl methyl sites for hydroxylation is 1. The summed E-state index contributed by atoms with van der Waals surface area (Å²) in [6.07, 6.45) is 4.70. The maximum atomic E-state index is 12.3. The summed E-state index contributed by atoms with van der Waals surface area (Å²) in [5, 5.41) is 8.94. The van der Waals surface area contributed by atoms with E-state index in [0.29, 0.717) is 19.0 Å². The maximum absolute atomic E-state index is 12.3. The average Bonchev–Trinajstić information content (AvgIpc) is 2.93. The van der Waals surface area contributed by atoms with Crippen molar-refractivity contribution in [2.75, 3.05) is 13.1 Å². The SMILES string of the molecule is CC1CCN(C(=O)CCn2cc(S(N)(=O)=O)cn2)C(CN)C1.Cl. The van der Waals surface area contributed by atoms with Crippen molar-refractivity contribution < 1.29 is 13.2 Å². The average molecular weight is 366 g/mol. The van der Waals surface area contributed by atoms with Gasteiger partial charge >= 0.3 is 0 Å². The van der Waals surface area contributed by atoms with Gasteiger partial charge in [-0.1, -0.05) is 6.92 Å². The molecule has 0 radical (unpaired) electrons. The van der Waals surface area contributed by atoms with E-state index in [2.05, 4.69) is 12.0 Å². The highest BCUT2D eigenvalue weighted by Crippen LogP contribution is 2.22. The third kappa shape index (κ3) is 5.17. The first-order valence-corrected chi connectivity index (χ1v) is 8.90. The molecule has 1 aliphatic rings. The molecule has 2 heterocycles. The van der Waals surface area contributed by atoms with Crippen molar-refractivity contribution in [3.05, 3.63) is 12.4 Å². The van der Waals surface area contributed by atoms with E-state index in [1.54, 1.807) is 0 Å². The highest BCUT2D eigenvalue weighted by atomic mass is 35.5. The van der Waals surface area contributed by atoms with E-state index in [-0.39, 0.29) is 35.7 Å². The smallest absolute Gasteiger partial charge is 0.241 e. The number of hydrogen-bond acceptors (Lipinski definition) is 5. The van der Waals surface area contributed by atoms with Gasteiger partial charge in [-0.3, -0.25) is 9.48 Å². The lowest BCUT2D eigenvalue weighted by Crippen LogP contribution is -2.49. The van der Waals surface area contributed by atoms with Crippen LogP contribution in [0.1, 0.15) is 26.2 Å². The lowest BCUT2D eigenvalue weighted by atomic mass is 9.92. The van der Waals surface area contributed by atoms with Crippen LogP contribution in [-0.4, -0.2) is 48.1 Å². The standard InChI is InChI=1S/C13H23N5O3S.ClH/c1-10-2-5-18(11(6-10)7-14)13(19)3-4-17-9-12(8-16-17)22(15,20)21;/h8-11H,2-7,14H2,1H3,(H2,15,20,21);1H. The van der Waals surface area contributed by atoms with E-state index in [1.807, 2.05) is 4.90 Å². The predicted octanol–water partition coefficient (Wildman–Crippen LogP) is -0.0718. The van der Waals surface area contributed by atoms with Crippen molar-refractivity contribution in [3.63, 3.8) is 0 Å². The van der Waals surface area contributed by atoms with Gasteiger partial charge in [0.05, 0.1) is 6.20 Å². The first-order valence-electron chi connectivity index (χ1n) is 7.36. The van der Waals surface area contributed by atoms with Gasteiger partial charge in [0, 0.05) is 38.3 Å². The van der Waals surface area contributed by atoms with E-state index in [4.69, 9.17) is 10.9 Å². The van der Waals surface area contributed by atoms with Crippen molar-refractivity contribution in [1.82, 2.24) is 14.7 Å². The number of carbonyl (C=O) groups excluding carboxylic acids is 1. The number of primary sulfonamides is 1. The van der Waals surface area contributed by atoms with Gasteiger partial charge in [0.1, 0.15) is 4.90 Å². The Labute approximate surface area is 142 Å². The summed E-state index contributed by atoms with van der Waals surface area (Å²) < 4.78 is 23.8. The van der Waals surface area contributed by atoms with Gasteiger partial charge in [-0.25, -0.2) is 13.6 Å². The van der Waals surface area contributed by atoms with Crippen LogP contribution in [0.3, 0.4) is 0 Å². The molecule has 1 aromatic heterocycles. The van der Waals surface area contributed by atoms with Crippen LogP contribution in [0, 0.1) is 5.92 Å². The summed E-state index contributed by atoms with van der Waals surface area (Å²) in [6.45, 7) is 3.68. The summed E-state index contributed by atoms with van der Waals surface area (Å²) in [7, 11) is -3.76. The van der Waals surface area contributed by atoms with Crippen LogP contribution in [0.25, 0.3) is 0 Å². The molecule has 132 valence electrons. The minimum atomic E-state index is -3.76. The van der Waals surface area contributed by atoms with Crippen LogP contribution in [0.2, 0.25) is 0 Å². The summed E-state index contributed by atoms with van der Waals surface area (Å²) in [5.41, 5.74) is 5.76. The highest BCUT2D eigenvalue weighted by molar-refractivity contribution is 7.89. The fourth-order valence-electron chi connectivity index (χ4n) is 2.77. The number of halogens is 1. The molecule has 1 amide bonds. The molecule has 1 aromatic rings. The number of aromatic nitrogens is 2. The van der Waals surface area contributed by atoms with E-state index in [1.165, 1.54) is 17.1 Å². The Balaban J connectivity index is 0.00000264. The monoisotopic (exact) mass is 365 g/mol. The molecule has 0 aliphatic carbocycles. The van der Waals surface area contributed by atoms with E-state index < -0.39 is 10.0 Å². The van der Waals surface area contributed by atoms with Crippen LogP contribution in [-0.2, 0) is 21.4 Å². The summed E-state index contributed by atoms with van der Waals surface area (Å²) in [4.78, 5) is 14.1. The molecule has 1 fully saturated rings. The summed E-state index contributed by atoms with van der Waals surface area (Å²) >= 11 is 0. The number of hydrogen-bond donors (Lipinski definition) is 2. The van der Waals surface area contributed by atoms with Crippen molar-refractivity contribution >= 4 is 28.3 Å². The molecule has 1 aliphatic heterocycles. The lowest BCUT2D eigenvalue weighted by Gasteiger charge is -2.38. The molecular weight excluding hydrogens is 342 g/mol. The maximum Gasteiger partial charge on any atom is 0.241 e. The zero-order valence-electron chi connectivity index (χ0n) is 13.1. The number of nitrogens with two attached hydrogens (primary N) is 2. The first-order chi connectivity index (χ1) is 10.3. The second kappa shape index (κ2) is 8.09. The Morgan fingerprint density at radius 1 is 1.48 bits per heavy atom. The van der Waals surface area contributed by atoms with Gasteiger partial charge in [-0.05, 0) is 18.8 Å². The fourth-order valence-corrected chi connectivity index (χ4v) is 3.23. The van der Waals surface area contributed by atoms with Crippen molar-refractivity contribution in [2.45, 2.75) is 43.7 Å². The van der Waals surface area contributed by atoms with E-state index >= 15 is 0 Å². The molecule has 4 N–H and O–H groups in total. The van der Waals surface area contributed by atoms with E-state index in [0.717, 1.165) is 19.4 Å². The number of piperidine rings is 1. The molecule has 0 aromatic carbocycles. The lowest BCUT2D eigenvalue weighted by molar-refractivity contribution is -0.135. The second-order valence-corrected chi connectivity index (χ2v) is 7.40. The summed E-state index contributed by atoms with van der Waals surface area (Å²) in [6, 6.07) is 0.0915. The first kappa shape index (κ1) is 19.9. The Hall–Kier alpha value is -1.16. The van der Waals surface area contributed by atoms with Crippen LogP contribution in [0.5, 0.6) is 0 Å². The Morgan fingerprint density at radius 3 is 2.74 bits per heavy atom. The van der Waals surface area contributed by atoms with Crippen molar-refractivity contribution in [1.29, 1.82) is 0 Å². The highest BCUT2D eigenvalue weighted by Gasteiger charge is 2.28. The van der Waals surface area contributed by atoms with Gasteiger partial charge < -0.3 is 10.6 Å². The minimum Gasteiger partial charge on any atom is -0.338 e. The molecule has 0 bridgehead atoms. The Kier molecular flexibility index (Phi) is 7.00. The van der Waals surface area contributed by atoms with Crippen LogP contribution < -0.4 is 10.9 Å². The van der Waals surface area contributed by atoms with E-state index in [9.17, 15) is 13.2 Å². The number of amides is 1. The van der Waals surface area contributed by atoms with Gasteiger partial charge in [0.15, 0.2) is 0 Å². The molecule has 2 rings (SSSR count). The zero-order valence-corrected chi connectivity index (χ0v) is 14.7. The summed E-state index contributed by atoms with van der Waals surface area (Å²) in [5.74, 6) is 0.607. The molecule has 1 saturated heterocycles. The van der Waals surface area contributed by atoms with Crippen LogP contribution in [0.4, 0.5) is 0 Å². The zero-order chi connectivity index (χ0) is 16.3. The number of nitrogens with zero attached hydrogens (tertiary/aromatic N) is 3. The number of sulfonamides is 1. The van der Waals surface area contributed by atoms with Crippen LogP contribution in [0.15, 0.2) is 17.3 Å². The molecular formula is C13H24ClN5O3S.